The molecule has 1 aromatic heterocycles. The molecule has 1 fully saturated rings. The number of hydrogen-bond acceptors (Lipinski definition) is 3. The number of nitrogens with zero attached hydrogens (tertiary/aromatic N) is 3. The van der Waals surface area contributed by atoms with Crippen LogP contribution in [0.3, 0.4) is 0 Å². The van der Waals surface area contributed by atoms with Gasteiger partial charge in [0.1, 0.15) is 0 Å². The molecule has 21 heavy (non-hydrogen) atoms. The molecular formula is C16H19N3O2. The van der Waals surface area contributed by atoms with Gasteiger partial charge in [-0.2, -0.15) is 5.10 Å². The third-order valence-corrected chi connectivity index (χ3v) is 4.13. The van der Waals surface area contributed by atoms with Crippen molar-refractivity contribution in [3.8, 4) is 5.69 Å². The number of carboxylic acid groups (broad SMARTS) is 1. The number of aromatic nitrogens is 2. The molecule has 1 unspecified atom stereocenters. The monoisotopic (exact) mass is 285 g/mol. The van der Waals surface area contributed by atoms with Crippen molar-refractivity contribution >= 4 is 5.97 Å². The van der Waals surface area contributed by atoms with Crippen LogP contribution in [0.25, 0.3) is 5.69 Å². The van der Waals surface area contributed by atoms with Gasteiger partial charge in [-0.15, -0.1) is 0 Å². The largest absolute Gasteiger partial charge is 0.481 e. The second-order valence-corrected chi connectivity index (χ2v) is 5.96. The van der Waals surface area contributed by atoms with Crippen molar-refractivity contribution in [2.45, 2.75) is 19.9 Å². The Labute approximate surface area is 123 Å². The van der Waals surface area contributed by atoms with Gasteiger partial charge >= 0.3 is 5.97 Å². The minimum atomic E-state index is -0.704. The van der Waals surface area contributed by atoms with Crippen LogP contribution in [0.2, 0.25) is 0 Å². The highest BCUT2D eigenvalue weighted by molar-refractivity contribution is 5.74. The van der Waals surface area contributed by atoms with E-state index in [4.69, 9.17) is 0 Å². The average molecular weight is 285 g/mol. The molecule has 0 amide bonds. The second-order valence-electron chi connectivity index (χ2n) is 5.96. The maximum absolute atomic E-state index is 11.3. The average Bonchev–Trinajstić information content (AvgIpc) is 3.08. The fourth-order valence-electron chi connectivity index (χ4n) is 2.79. The number of carbonyl (C=O) groups is 1. The lowest BCUT2D eigenvalue weighted by atomic mass is 9.90. The van der Waals surface area contributed by atoms with Gasteiger partial charge in [-0.3, -0.25) is 9.69 Å². The van der Waals surface area contributed by atoms with Crippen LogP contribution in [-0.2, 0) is 11.3 Å². The highest BCUT2D eigenvalue weighted by atomic mass is 16.4. The Morgan fingerprint density at radius 2 is 2.14 bits per heavy atom. The van der Waals surface area contributed by atoms with E-state index in [1.54, 1.807) is 0 Å². The van der Waals surface area contributed by atoms with E-state index >= 15 is 0 Å². The summed E-state index contributed by atoms with van der Waals surface area (Å²) >= 11 is 0. The number of likely N-dealkylation sites (tertiary alicyclic amines) is 1. The van der Waals surface area contributed by atoms with Gasteiger partial charge in [-0.05, 0) is 32.0 Å². The predicted molar refractivity (Wildman–Crippen MR) is 79.2 cm³/mol. The molecule has 5 nitrogen and oxygen atoms in total. The van der Waals surface area contributed by atoms with Gasteiger partial charge in [-0.1, -0.05) is 18.2 Å². The second kappa shape index (κ2) is 5.33. The summed E-state index contributed by atoms with van der Waals surface area (Å²) in [6.07, 6.45) is 4.56. The first kappa shape index (κ1) is 13.8. The van der Waals surface area contributed by atoms with Crippen LogP contribution in [0.4, 0.5) is 0 Å². The van der Waals surface area contributed by atoms with E-state index in [9.17, 15) is 9.90 Å². The van der Waals surface area contributed by atoms with Gasteiger partial charge in [0.05, 0.1) is 17.3 Å². The van der Waals surface area contributed by atoms with Crippen molar-refractivity contribution in [1.29, 1.82) is 0 Å². The summed E-state index contributed by atoms with van der Waals surface area (Å²) in [6, 6.07) is 9.96. The van der Waals surface area contributed by atoms with E-state index in [-0.39, 0.29) is 0 Å². The first-order valence-electron chi connectivity index (χ1n) is 7.12. The van der Waals surface area contributed by atoms with Crippen molar-refractivity contribution in [3.05, 3.63) is 48.3 Å². The Morgan fingerprint density at radius 3 is 2.81 bits per heavy atom. The molecule has 1 aliphatic rings. The molecule has 1 saturated heterocycles. The van der Waals surface area contributed by atoms with E-state index in [2.05, 4.69) is 10.00 Å². The molecule has 1 atom stereocenters. The Morgan fingerprint density at radius 1 is 1.38 bits per heavy atom. The van der Waals surface area contributed by atoms with Crippen molar-refractivity contribution in [1.82, 2.24) is 14.7 Å². The van der Waals surface area contributed by atoms with Crippen LogP contribution in [0.5, 0.6) is 0 Å². The molecule has 0 bridgehead atoms. The van der Waals surface area contributed by atoms with E-state index in [0.717, 1.165) is 24.3 Å². The molecule has 3 rings (SSSR count). The molecule has 110 valence electrons. The third kappa shape index (κ3) is 2.83. The van der Waals surface area contributed by atoms with Gasteiger partial charge in [0.25, 0.3) is 0 Å². The van der Waals surface area contributed by atoms with Crippen LogP contribution in [0, 0.1) is 5.41 Å². The minimum Gasteiger partial charge on any atom is -0.481 e. The van der Waals surface area contributed by atoms with Crippen molar-refractivity contribution in [3.63, 3.8) is 0 Å². The lowest BCUT2D eigenvalue weighted by molar-refractivity contribution is -0.147. The minimum absolute atomic E-state index is 0.596. The zero-order chi connectivity index (χ0) is 14.9. The number of aliphatic carboxylic acids is 1. The lowest BCUT2D eigenvalue weighted by Gasteiger charge is -2.19. The van der Waals surface area contributed by atoms with Crippen LogP contribution < -0.4 is 0 Å². The van der Waals surface area contributed by atoms with Crippen LogP contribution in [-0.4, -0.2) is 38.8 Å². The predicted octanol–water partition coefficient (Wildman–Crippen LogP) is 2.17. The normalized spacial score (nSPS) is 22.5. The van der Waals surface area contributed by atoms with Crippen LogP contribution >= 0.6 is 0 Å². The third-order valence-electron chi connectivity index (χ3n) is 4.13. The summed E-state index contributed by atoms with van der Waals surface area (Å²) in [5.74, 6) is -0.704. The summed E-state index contributed by atoms with van der Waals surface area (Å²) in [4.78, 5) is 13.4. The van der Waals surface area contributed by atoms with Crippen molar-refractivity contribution in [2.75, 3.05) is 13.1 Å². The van der Waals surface area contributed by atoms with E-state index < -0.39 is 11.4 Å². The number of hydrogen-bond donors (Lipinski definition) is 1. The highest BCUT2D eigenvalue weighted by Crippen LogP contribution is 2.30. The van der Waals surface area contributed by atoms with E-state index in [1.165, 1.54) is 0 Å². The number of carboxylic acids is 1. The van der Waals surface area contributed by atoms with Crippen LogP contribution in [0.1, 0.15) is 18.9 Å². The Balaban J connectivity index is 1.68. The number of rotatable bonds is 4. The molecule has 1 aliphatic heterocycles. The summed E-state index contributed by atoms with van der Waals surface area (Å²) in [7, 11) is 0. The van der Waals surface area contributed by atoms with Gasteiger partial charge in [0.2, 0.25) is 0 Å². The first-order valence-corrected chi connectivity index (χ1v) is 7.12. The zero-order valence-corrected chi connectivity index (χ0v) is 12.1. The SMILES string of the molecule is CC1(C(=O)O)CCN(Cc2cnn(-c3ccccc3)c2)C1. The summed E-state index contributed by atoms with van der Waals surface area (Å²) in [5, 5.41) is 13.6. The molecule has 1 N–H and O–H groups in total. The first-order chi connectivity index (χ1) is 10.1. The Kier molecular flexibility index (Phi) is 3.51. The van der Waals surface area contributed by atoms with E-state index in [1.807, 2.05) is 54.3 Å². The zero-order valence-electron chi connectivity index (χ0n) is 12.1. The molecule has 2 heterocycles. The molecular weight excluding hydrogens is 266 g/mol. The molecule has 2 aromatic rings. The topological polar surface area (TPSA) is 58.4 Å². The summed E-state index contributed by atoms with van der Waals surface area (Å²) < 4.78 is 1.85. The molecule has 5 heteroatoms. The fourth-order valence-corrected chi connectivity index (χ4v) is 2.79. The molecule has 0 spiro atoms. The van der Waals surface area contributed by atoms with Gasteiger partial charge in [0, 0.05) is 24.8 Å². The van der Waals surface area contributed by atoms with Crippen molar-refractivity contribution in [2.24, 2.45) is 5.41 Å². The number of benzene rings is 1. The fraction of sp³-hybridized carbons (Fsp3) is 0.375. The standard InChI is InChI=1S/C16H19N3O2/c1-16(15(20)21)7-8-18(12-16)10-13-9-17-19(11-13)14-5-3-2-4-6-14/h2-6,9,11H,7-8,10,12H2,1H3,(H,20,21). The maximum atomic E-state index is 11.3. The molecule has 0 saturated carbocycles. The lowest BCUT2D eigenvalue weighted by Crippen LogP contribution is -2.31. The van der Waals surface area contributed by atoms with Crippen LogP contribution in [0.15, 0.2) is 42.7 Å². The molecule has 1 aromatic carbocycles. The Bertz CT molecular complexity index is 638. The smallest absolute Gasteiger partial charge is 0.310 e. The number of para-hydroxylation sites is 1. The molecule has 0 radical (unpaired) electrons. The van der Waals surface area contributed by atoms with Gasteiger partial charge < -0.3 is 5.11 Å². The quantitative estimate of drug-likeness (QED) is 0.935. The Hall–Kier alpha value is -2.14. The van der Waals surface area contributed by atoms with Gasteiger partial charge in [-0.25, -0.2) is 4.68 Å². The summed E-state index contributed by atoms with van der Waals surface area (Å²) in [5.41, 5.74) is 1.52. The molecule has 0 aliphatic carbocycles. The highest BCUT2D eigenvalue weighted by Gasteiger charge is 2.40. The van der Waals surface area contributed by atoms with Crippen molar-refractivity contribution < 1.29 is 9.90 Å². The van der Waals surface area contributed by atoms with Gasteiger partial charge in [0.15, 0.2) is 0 Å². The summed E-state index contributed by atoms with van der Waals surface area (Å²) in [6.45, 7) is 3.98. The van der Waals surface area contributed by atoms with E-state index in [0.29, 0.717) is 13.0 Å². The maximum Gasteiger partial charge on any atom is 0.310 e.